The molecule has 3 heterocycles. The van der Waals surface area contributed by atoms with Crippen molar-refractivity contribution in [1.82, 2.24) is 20.4 Å². The van der Waals surface area contributed by atoms with Crippen LogP contribution in [0.15, 0.2) is 59.1 Å². The molecule has 10 nitrogen and oxygen atoms in total. The Kier molecular flexibility index (Phi) is 4.63. The van der Waals surface area contributed by atoms with E-state index < -0.39 is 17.5 Å². The number of nitrogens with zero attached hydrogens (tertiary/aromatic N) is 3. The van der Waals surface area contributed by atoms with Crippen LogP contribution in [0.25, 0.3) is 22.2 Å². The van der Waals surface area contributed by atoms with E-state index in [1.165, 1.54) is 0 Å². The summed E-state index contributed by atoms with van der Waals surface area (Å²) in [7, 11) is 1.61. The van der Waals surface area contributed by atoms with Gasteiger partial charge in [-0.05, 0) is 59.7 Å². The number of imide groups is 1. The second kappa shape index (κ2) is 7.73. The lowest BCUT2D eigenvalue weighted by Gasteiger charge is -2.22. The van der Waals surface area contributed by atoms with Crippen molar-refractivity contribution in [3.05, 3.63) is 66.1 Å². The Morgan fingerprint density at radius 1 is 1.03 bits per heavy atom. The van der Waals surface area contributed by atoms with E-state index >= 15 is 0 Å². The number of amides is 3. The summed E-state index contributed by atoms with van der Waals surface area (Å²) in [4.78, 5) is 31.6. The summed E-state index contributed by atoms with van der Waals surface area (Å²) in [6.07, 6.45) is 0. The molecule has 1 fully saturated rings. The minimum absolute atomic E-state index is 0.135. The Balaban J connectivity index is 1.24. The molecule has 0 spiro atoms. The molecule has 176 valence electrons. The Hall–Kier alpha value is -4.60. The Morgan fingerprint density at radius 2 is 1.83 bits per heavy atom. The first-order chi connectivity index (χ1) is 16.9. The van der Waals surface area contributed by atoms with E-state index in [0.717, 1.165) is 21.4 Å². The standard InChI is InChI=1S/C25H20N4O6/c1-25(17-6-3-15-10-18(32-2)7-4-14(15)9-17)23(30)29(24(31)27-25)12-21-26-22(28-35-21)16-5-8-19-20(11-16)34-13-33-19/h3-11H,12-13H2,1-2H3,(H,27,31). The maximum atomic E-state index is 13.4. The molecule has 1 aromatic heterocycles. The highest BCUT2D eigenvalue weighted by Crippen LogP contribution is 2.36. The van der Waals surface area contributed by atoms with Gasteiger partial charge in [0.05, 0.1) is 7.11 Å². The Bertz CT molecular complexity index is 1500. The van der Waals surface area contributed by atoms with E-state index in [1.54, 1.807) is 32.2 Å². The van der Waals surface area contributed by atoms with Crippen molar-refractivity contribution in [3.63, 3.8) is 0 Å². The summed E-state index contributed by atoms with van der Waals surface area (Å²) in [6.45, 7) is 1.69. The van der Waals surface area contributed by atoms with Crippen molar-refractivity contribution < 1.29 is 28.3 Å². The Morgan fingerprint density at radius 3 is 2.69 bits per heavy atom. The number of fused-ring (bicyclic) bond motifs is 2. The lowest BCUT2D eigenvalue weighted by Crippen LogP contribution is -2.40. The minimum atomic E-state index is -1.23. The fraction of sp³-hybridized carbons (Fsp3) is 0.200. The number of hydrogen-bond donors (Lipinski definition) is 1. The lowest BCUT2D eigenvalue weighted by atomic mass is 9.90. The van der Waals surface area contributed by atoms with Crippen molar-refractivity contribution in [2.75, 3.05) is 13.9 Å². The van der Waals surface area contributed by atoms with Crippen LogP contribution in [0, 0.1) is 0 Å². The van der Waals surface area contributed by atoms with E-state index in [9.17, 15) is 9.59 Å². The summed E-state index contributed by atoms with van der Waals surface area (Å²) in [5, 5.41) is 8.69. The third-order valence-electron chi connectivity index (χ3n) is 6.29. The van der Waals surface area contributed by atoms with E-state index in [-0.39, 0.29) is 19.2 Å². The maximum Gasteiger partial charge on any atom is 0.325 e. The molecule has 0 bridgehead atoms. The van der Waals surface area contributed by atoms with Crippen molar-refractivity contribution >= 4 is 22.7 Å². The topological polar surface area (TPSA) is 116 Å². The summed E-state index contributed by atoms with van der Waals surface area (Å²) in [5.74, 6) is 2.02. The van der Waals surface area contributed by atoms with Gasteiger partial charge >= 0.3 is 6.03 Å². The number of methoxy groups -OCH3 is 1. The molecule has 0 radical (unpaired) electrons. The smallest absolute Gasteiger partial charge is 0.325 e. The van der Waals surface area contributed by atoms with Crippen LogP contribution in [0.5, 0.6) is 17.2 Å². The summed E-state index contributed by atoms with van der Waals surface area (Å²) in [6, 6.07) is 16.0. The Labute approximate surface area is 199 Å². The number of aromatic nitrogens is 2. The number of benzene rings is 3. The first kappa shape index (κ1) is 21.0. The van der Waals surface area contributed by atoms with Gasteiger partial charge < -0.3 is 24.1 Å². The summed E-state index contributed by atoms with van der Waals surface area (Å²) < 4.78 is 21.3. The van der Waals surface area contributed by atoms with E-state index in [4.69, 9.17) is 18.7 Å². The molecule has 3 aromatic carbocycles. The van der Waals surface area contributed by atoms with Crippen molar-refractivity contribution in [2.45, 2.75) is 19.0 Å². The normalized spacial score (nSPS) is 18.9. The summed E-state index contributed by atoms with van der Waals surface area (Å²) in [5.41, 5.74) is 0.104. The molecule has 1 atom stereocenters. The fourth-order valence-electron chi connectivity index (χ4n) is 4.31. The first-order valence-electron chi connectivity index (χ1n) is 10.9. The number of urea groups is 1. The number of hydrogen-bond acceptors (Lipinski definition) is 8. The summed E-state index contributed by atoms with van der Waals surface area (Å²) >= 11 is 0. The molecule has 35 heavy (non-hydrogen) atoms. The number of ether oxygens (including phenoxy) is 3. The highest BCUT2D eigenvalue weighted by Gasteiger charge is 2.49. The van der Waals surface area contributed by atoms with E-state index in [2.05, 4.69) is 15.5 Å². The zero-order valence-corrected chi connectivity index (χ0v) is 18.9. The highest BCUT2D eigenvalue weighted by atomic mass is 16.7. The highest BCUT2D eigenvalue weighted by molar-refractivity contribution is 6.07. The van der Waals surface area contributed by atoms with Crippen LogP contribution >= 0.6 is 0 Å². The number of carbonyl (C=O) groups is 2. The maximum absolute atomic E-state index is 13.4. The van der Waals surface area contributed by atoms with Gasteiger partial charge in [0.1, 0.15) is 17.8 Å². The number of carbonyl (C=O) groups excluding carboxylic acids is 2. The molecule has 6 rings (SSSR count). The van der Waals surface area contributed by atoms with Gasteiger partial charge in [0.15, 0.2) is 11.5 Å². The second-order valence-electron chi connectivity index (χ2n) is 8.45. The largest absolute Gasteiger partial charge is 0.497 e. The third kappa shape index (κ3) is 3.41. The van der Waals surface area contributed by atoms with Gasteiger partial charge in [0, 0.05) is 5.56 Å². The van der Waals surface area contributed by atoms with Gasteiger partial charge in [0.2, 0.25) is 18.5 Å². The van der Waals surface area contributed by atoms with Crippen LogP contribution in [0.1, 0.15) is 18.4 Å². The van der Waals surface area contributed by atoms with Crippen LogP contribution in [0.4, 0.5) is 4.79 Å². The molecule has 10 heteroatoms. The fourth-order valence-corrected chi connectivity index (χ4v) is 4.31. The first-order valence-corrected chi connectivity index (χ1v) is 10.9. The predicted molar refractivity (Wildman–Crippen MR) is 123 cm³/mol. The van der Waals surface area contributed by atoms with Gasteiger partial charge in [-0.15, -0.1) is 0 Å². The molecule has 2 aliphatic rings. The molecule has 1 saturated heterocycles. The molecular formula is C25H20N4O6. The van der Waals surface area contributed by atoms with Gasteiger partial charge in [-0.2, -0.15) is 4.98 Å². The van der Waals surface area contributed by atoms with Gasteiger partial charge in [-0.3, -0.25) is 9.69 Å². The average molecular weight is 472 g/mol. The van der Waals surface area contributed by atoms with Crippen LogP contribution in [0.2, 0.25) is 0 Å². The van der Waals surface area contributed by atoms with Crippen LogP contribution < -0.4 is 19.5 Å². The zero-order chi connectivity index (χ0) is 24.2. The van der Waals surface area contributed by atoms with E-state index in [0.29, 0.717) is 28.5 Å². The van der Waals surface area contributed by atoms with E-state index in [1.807, 2.05) is 36.4 Å². The van der Waals surface area contributed by atoms with Gasteiger partial charge in [0.25, 0.3) is 5.91 Å². The molecule has 4 aromatic rings. The predicted octanol–water partition coefficient (Wildman–Crippen LogP) is 3.59. The monoisotopic (exact) mass is 472 g/mol. The van der Waals surface area contributed by atoms with Crippen molar-refractivity contribution in [3.8, 4) is 28.6 Å². The molecule has 1 N–H and O–H groups in total. The third-order valence-corrected chi connectivity index (χ3v) is 6.29. The second-order valence-corrected chi connectivity index (χ2v) is 8.45. The molecule has 2 aliphatic heterocycles. The zero-order valence-electron chi connectivity index (χ0n) is 18.9. The quantitative estimate of drug-likeness (QED) is 0.438. The molecule has 3 amide bonds. The molecular weight excluding hydrogens is 452 g/mol. The van der Waals surface area contributed by atoms with Crippen LogP contribution in [-0.4, -0.2) is 40.9 Å². The van der Waals surface area contributed by atoms with Crippen LogP contribution in [0.3, 0.4) is 0 Å². The van der Waals surface area contributed by atoms with Crippen molar-refractivity contribution in [1.29, 1.82) is 0 Å². The molecule has 1 unspecified atom stereocenters. The lowest BCUT2D eigenvalue weighted by molar-refractivity contribution is -0.131. The van der Waals surface area contributed by atoms with Gasteiger partial charge in [-0.25, -0.2) is 4.79 Å². The molecule has 0 saturated carbocycles. The van der Waals surface area contributed by atoms with Gasteiger partial charge in [-0.1, -0.05) is 23.4 Å². The molecule has 0 aliphatic carbocycles. The average Bonchev–Trinajstić information content (AvgIpc) is 3.59. The number of rotatable bonds is 5. The number of nitrogens with one attached hydrogen (secondary N) is 1. The van der Waals surface area contributed by atoms with Crippen molar-refractivity contribution in [2.24, 2.45) is 0 Å². The van der Waals surface area contributed by atoms with Crippen LogP contribution in [-0.2, 0) is 16.9 Å². The SMILES string of the molecule is COc1ccc2cc(C3(C)NC(=O)N(Cc4nc(-c5ccc6c(c5)OCO6)no4)C3=O)ccc2c1. The minimum Gasteiger partial charge on any atom is -0.497 e.